The number of hydrogen-bond donors (Lipinski definition) is 2. The lowest BCUT2D eigenvalue weighted by atomic mass is 10.1. The average Bonchev–Trinajstić information content (AvgIpc) is 2.69. The number of guanidine groups is 1. The van der Waals surface area contributed by atoms with Crippen LogP contribution in [0.1, 0.15) is 12.5 Å². The molecule has 0 amide bonds. The first-order valence-electron chi connectivity index (χ1n) is 8.81. The van der Waals surface area contributed by atoms with Crippen molar-refractivity contribution in [1.82, 2.24) is 5.32 Å². The summed E-state index contributed by atoms with van der Waals surface area (Å²) in [6.07, 6.45) is 0.273. The van der Waals surface area contributed by atoms with Crippen LogP contribution < -0.4 is 24.8 Å². The van der Waals surface area contributed by atoms with Crippen molar-refractivity contribution in [2.75, 3.05) is 39.7 Å². The highest BCUT2D eigenvalue weighted by molar-refractivity contribution is 14.0. The van der Waals surface area contributed by atoms with Gasteiger partial charge < -0.3 is 24.8 Å². The van der Waals surface area contributed by atoms with Crippen molar-refractivity contribution < 1.29 is 23.0 Å². The fourth-order valence-corrected chi connectivity index (χ4v) is 2.62. The molecule has 6 nitrogen and oxygen atoms in total. The summed E-state index contributed by atoms with van der Waals surface area (Å²) in [4.78, 5) is 4.42. The fraction of sp³-hybridized carbons (Fsp3) is 0.350. The Morgan fingerprint density at radius 2 is 1.66 bits per heavy atom. The number of rotatable bonds is 8. The van der Waals surface area contributed by atoms with Crippen LogP contribution in [0.2, 0.25) is 0 Å². The number of anilines is 1. The molecule has 29 heavy (non-hydrogen) atoms. The average molecular weight is 521 g/mol. The zero-order chi connectivity index (χ0) is 20.5. The van der Waals surface area contributed by atoms with Crippen LogP contribution in [0.3, 0.4) is 0 Å². The van der Waals surface area contributed by atoms with Gasteiger partial charge in [-0.2, -0.15) is 0 Å². The molecule has 0 spiro atoms. The van der Waals surface area contributed by atoms with Crippen LogP contribution >= 0.6 is 24.0 Å². The van der Waals surface area contributed by atoms with E-state index in [1.165, 1.54) is 27.4 Å². The third-order valence-electron chi connectivity index (χ3n) is 3.93. The van der Waals surface area contributed by atoms with Crippen LogP contribution in [0.4, 0.5) is 14.5 Å². The highest BCUT2D eigenvalue weighted by atomic mass is 127. The maximum Gasteiger partial charge on any atom is 0.203 e. The van der Waals surface area contributed by atoms with Gasteiger partial charge in [0.1, 0.15) is 11.6 Å². The van der Waals surface area contributed by atoms with Crippen LogP contribution in [0.25, 0.3) is 0 Å². The number of halogens is 3. The lowest BCUT2D eigenvalue weighted by Crippen LogP contribution is -2.31. The van der Waals surface area contributed by atoms with E-state index in [9.17, 15) is 8.78 Å². The predicted octanol–water partition coefficient (Wildman–Crippen LogP) is 4.23. The molecule has 2 rings (SSSR count). The first-order valence-corrected chi connectivity index (χ1v) is 8.81. The molecule has 0 heterocycles. The van der Waals surface area contributed by atoms with Gasteiger partial charge in [0.15, 0.2) is 17.5 Å². The quantitative estimate of drug-likeness (QED) is 0.310. The first-order chi connectivity index (χ1) is 13.5. The zero-order valence-electron chi connectivity index (χ0n) is 16.8. The summed E-state index contributed by atoms with van der Waals surface area (Å²) in [5.74, 6) is 1.07. The molecule has 2 N–H and O–H groups in total. The Bertz CT molecular complexity index is 810. The van der Waals surface area contributed by atoms with E-state index in [0.29, 0.717) is 35.4 Å². The molecule has 0 radical (unpaired) electrons. The topological polar surface area (TPSA) is 64.1 Å². The van der Waals surface area contributed by atoms with Gasteiger partial charge in [0.05, 0.1) is 21.3 Å². The van der Waals surface area contributed by atoms with E-state index in [0.717, 1.165) is 12.1 Å². The van der Waals surface area contributed by atoms with Gasteiger partial charge in [-0.3, -0.25) is 4.99 Å². The molecule has 0 aliphatic carbocycles. The van der Waals surface area contributed by atoms with E-state index in [1.54, 1.807) is 12.1 Å². The summed E-state index contributed by atoms with van der Waals surface area (Å²) >= 11 is 0. The van der Waals surface area contributed by atoms with Crippen LogP contribution in [0, 0.1) is 11.6 Å². The lowest BCUT2D eigenvalue weighted by Gasteiger charge is -2.16. The molecule has 0 aromatic heterocycles. The Balaban J connectivity index is 0.00000420. The molecule has 9 heteroatoms. The van der Waals surface area contributed by atoms with Crippen LogP contribution in [0.15, 0.2) is 35.3 Å². The summed E-state index contributed by atoms with van der Waals surface area (Å²) in [7, 11) is 4.60. The van der Waals surface area contributed by atoms with Crippen LogP contribution in [-0.2, 0) is 6.42 Å². The SMILES string of the molecule is CCNC(=NCCc1cc(F)ccc1F)Nc1cc(OC)c(OC)c(OC)c1.I. The molecule has 0 atom stereocenters. The highest BCUT2D eigenvalue weighted by Crippen LogP contribution is 2.39. The van der Waals surface area contributed by atoms with Gasteiger partial charge in [-0.1, -0.05) is 0 Å². The van der Waals surface area contributed by atoms with Gasteiger partial charge >= 0.3 is 0 Å². The second-order valence-corrected chi connectivity index (χ2v) is 5.79. The summed E-state index contributed by atoms with van der Waals surface area (Å²) < 4.78 is 43.0. The second kappa shape index (κ2) is 12.3. The number of benzene rings is 2. The summed E-state index contributed by atoms with van der Waals surface area (Å²) in [6, 6.07) is 6.90. The Morgan fingerprint density at radius 1 is 1.00 bits per heavy atom. The van der Waals surface area contributed by atoms with Crippen molar-refractivity contribution in [3.63, 3.8) is 0 Å². The molecular formula is C20H26F2IN3O3. The Kier molecular flexibility index (Phi) is 10.5. The largest absolute Gasteiger partial charge is 0.493 e. The zero-order valence-corrected chi connectivity index (χ0v) is 19.2. The highest BCUT2D eigenvalue weighted by Gasteiger charge is 2.14. The van der Waals surface area contributed by atoms with Crippen molar-refractivity contribution >= 4 is 35.6 Å². The second-order valence-electron chi connectivity index (χ2n) is 5.79. The van der Waals surface area contributed by atoms with Crippen molar-refractivity contribution in [3.8, 4) is 17.2 Å². The van der Waals surface area contributed by atoms with Crippen molar-refractivity contribution in [3.05, 3.63) is 47.5 Å². The number of nitrogens with one attached hydrogen (secondary N) is 2. The molecule has 0 bridgehead atoms. The third-order valence-corrected chi connectivity index (χ3v) is 3.93. The van der Waals surface area contributed by atoms with Gasteiger partial charge in [0.2, 0.25) is 5.75 Å². The van der Waals surface area contributed by atoms with Crippen molar-refractivity contribution in [1.29, 1.82) is 0 Å². The molecule has 0 unspecified atom stereocenters. The standard InChI is InChI=1S/C20H25F2N3O3.HI/c1-5-23-20(24-9-8-13-10-14(21)6-7-16(13)22)25-15-11-17(26-2)19(28-4)18(12-15)27-3;/h6-7,10-12H,5,8-9H2,1-4H3,(H2,23,24,25);1H. The maximum atomic E-state index is 13.7. The minimum Gasteiger partial charge on any atom is -0.493 e. The molecular weight excluding hydrogens is 495 g/mol. The van der Waals surface area contributed by atoms with Gasteiger partial charge in [-0.25, -0.2) is 8.78 Å². The number of methoxy groups -OCH3 is 3. The normalized spacial score (nSPS) is 10.8. The number of hydrogen-bond acceptors (Lipinski definition) is 4. The van der Waals surface area contributed by atoms with E-state index >= 15 is 0 Å². The van der Waals surface area contributed by atoms with E-state index in [-0.39, 0.29) is 42.5 Å². The molecule has 0 fully saturated rings. The van der Waals surface area contributed by atoms with Crippen LogP contribution in [0.5, 0.6) is 17.2 Å². The Morgan fingerprint density at radius 3 is 2.21 bits per heavy atom. The van der Waals surface area contributed by atoms with Gasteiger partial charge in [-0.05, 0) is 37.1 Å². The van der Waals surface area contributed by atoms with E-state index in [4.69, 9.17) is 14.2 Å². The third kappa shape index (κ3) is 6.91. The molecule has 2 aromatic rings. The monoisotopic (exact) mass is 521 g/mol. The van der Waals surface area contributed by atoms with Gasteiger partial charge in [0, 0.05) is 30.9 Å². The van der Waals surface area contributed by atoms with Crippen molar-refractivity contribution in [2.45, 2.75) is 13.3 Å². The van der Waals surface area contributed by atoms with Gasteiger partial charge in [-0.15, -0.1) is 24.0 Å². The molecule has 2 aromatic carbocycles. The minimum atomic E-state index is -0.470. The summed E-state index contributed by atoms with van der Waals surface area (Å²) in [5, 5.41) is 6.25. The number of aliphatic imine (C=N–C) groups is 1. The lowest BCUT2D eigenvalue weighted by molar-refractivity contribution is 0.324. The first kappa shape index (κ1) is 24.7. The minimum absolute atomic E-state index is 0. The molecule has 0 aliphatic rings. The smallest absolute Gasteiger partial charge is 0.203 e. The maximum absolute atomic E-state index is 13.7. The molecule has 0 saturated carbocycles. The fourth-order valence-electron chi connectivity index (χ4n) is 2.62. The Hall–Kier alpha value is -2.30. The summed E-state index contributed by atoms with van der Waals surface area (Å²) in [5.41, 5.74) is 0.957. The number of nitrogens with zero attached hydrogens (tertiary/aromatic N) is 1. The Labute approximate surface area is 186 Å². The van der Waals surface area contributed by atoms with E-state index < -0.39 is 11.6 Å². The molecule has 160 valence electrons. The summed E-state index contributed by atoms with van der Waals surface area (Å²) in [6.45, 7) is 2.84. The van der Waals surface area contributed by atoms with E-state index in [1.807, 2.05) is 6.92 Å². The van der Waals surface area contributed by atoms with Gasteiger partial charge in [0.25, 0.3) is 0 Å². The number of ether oxygens (including phenoxy) is 3. The van der Waals surface area contributed by atoms with E-state index in [2.05, 4.69) is 15.6 Å². The molecule has 0 aliphatic heterocycles. The van der Waals surface area contributed by atoms with Crippen molar-refractivity contribution in [2.24, 2.45) is 4.99 Å². The predicted molar refractivity (Wildman–Crippen MR) is 121 cm³/mol. The van der Waals surface area contributed by atoms with Crippen LogP contribution in [-0.4, -0.2) is 40.4 Å². The molecule has 0 saturated heterocycles.